The first-order valence-electron chi connectivity index (χ1n) is 9.44. The summed E-state index contributed by atoms with van der Waals surface area (Å²) in [5.41, 5.74) is 1.99. The van der Waals surface area contributed by atoms with Crippen LogP contribution in [0.5, 0.6) is 0 Å². The lowest BCUT2D eigenvalue weighted by molar-refractivity contribution is -0.140. The second kappa shape index (κ2) is 8.78. The summed E-state index contributed by atoms with van der Waals surface area (Å²) in [6.07, 6.45) is 1.28. The molecule has 0 aromatic heterocycles. The zero-order valence-corrected chi connectivity index (χ0v) is 17.2. The highest BCUT2D eigenvalue weighted by Crippen LogP contribution is 2.39. The van der Waals surface area contributed by atoms with Gasteiger partial charge in [0.15, 0.2) is 0 Å². The number of benzene rings is 1. The molecule has 4 nitrogen and oxygen atoms in total. The highest BCUT2D eigenvalue weighted by molar-refractivity contribution is 6.55. The van der Waals surface area contributed by atoms with Gasteiger partial charge in [0.2, 0.25) is 0 Å². The molecule has 0 radical (unpaired) electrons. The van der Waals surface area contributed by atoms with Crippen molar-refractivity contribution in [2.45, 2.75) is 65.6 Å². The summed E-state index contributed by atoms with van der Waals surface area (Å²) >= 11 is 0. The van der Waals surface area contributed by atoms with Gasteiger partial charge >= 0.3 is 13.1 Å². The summed E-state index contributed by atoms with van der Waals surface area (Å²) in [6, 6.07) is 9.86. The van der Waals surface area contributed by atoms with Crippen molar-refractivity contribution in [3.63, 3.8) is 0 Å². The Morgan fingerprint density at radius 2 is 1.70 bits per heavy atom. The van der Waals surface area contributed by atoms with Crippen LogP contribution in [0.2, 0.25) is 0 Å². The molecular weight excluding hydrogens is 339 g/mol. The second-order valence-corrected chi connectivity index (χ2v) is 7.65. The van der Waals surface area contributed by atoms with Crippen molar-refractivity contribution in [1.29, 1.82) is 0 Å². The SMILES string of the molecule is CC/C(C#Cc1ccccc1)=C(/CCOC(C)=O)B1OC(C)(C)C(C)(C)O1. The highest BCUT2D eigenvalue weighted by Gasteiger charge is 2.52. The van der Waals surface area contributed by atoms with Gasteiger partial charge in [-0.15, -0.1) is 0 Å². The number of hydrogen-bond donors (Lipinski definition) is 0. The van der Waals surface area contributed by atoms with E-state index in [2.05, 4.69) is 18.8 Å². The van der Waals surface area contributed by atoms with Crippen molar-refractivity contribution >= 4 is 13.1 Å². The van der Waals surface area contributed by atoms with Crippen LogP contribution in [0.15, 0.2) is 41.4 Å². The third-order valence-corrected chi connectivity index (χ3v) is 5.09. The van der Waals surface area contributed by atoms with Crippen molar-refractivity contribution in [2.75, 3.05) is 6.61 Å². The fourth-order valence-corrected chi connectivity index (χ4v) is 2.77. The summed E-state index contributed by atoms with van der Waals surface area (Å²) in [7, 11) is -0.495. The lowest BCUT2D eigenvalue weighted by Crippen LogP contribution is -2.41. The summed E-state index contributed by atoms with van der Waals surface area (Å²) in [5, 5.41) is 0. The maximum Gasteiger partial charge on any atom is 0.491 e. The zero-order chi connectivity index (χ0) is 20.1. The summed E-state index contributed by atoms with van der Waals surface area (Å²) in [4.78, 5) is 11.2. The zero-order valence-electron chi connectivity index (χ0n) is 17.2. The molecule has 144 valence electrons. The maximum absolute atomic E-state index is 11.2. The predicted molar refractivity (Wildman–Crippen MR) is 108 cm³/mol. The normalized spacial score (nSPS) is 18.4. The topological polar surface area (TPSA) is 44.8 Å². The Bertz CT molecular complexity index is 738. The molecule has 1 saturated heterocycles. The van der Waals surface area contributed by atoms with Crippen LogP contribution < -0.4 is 0 Å². The Kier molecular flexibility index (Phi) is 6.92. The van der Waals surface area contributed by atoms with Crippen molar-refractivity contribution in [1.82, 2.24) is 0 Å². The molecule has 1 heterocycles. The number of rotatable bonds is 5. The molecule has 0 bridgehead atoms. The van der Waals surface area contributed by atoms with Crippen LogP contribution >= 0.6 is 0 Å². The highest BCUT2D eigenvalue weighted by atomic mass is 16.7. The Balaban J connectivity index is 2.36. The minimum atomic E-state index is -0.495. The van der Waals surface area contributed by atoms with E-state index in [1.165, 1.54) is 6.92 Å². The predicted octanol–water partition coefficient (Wildman–Crippen LogP) is 4.33. The van der Waals surface area contributed by atoms with E-state index in [4.69, 9.17) is 14.0 Å². The molecule has 2 rings (SSSR count). The Hall–Kier alpha value is -2.03. The Morgan fingerprint density at radius 1 is 1.11 bits per heavy atom. The van der Waals surface area contributed by atoms with E-state index in [1.807, 2.05) is 58.0 Å². The molecule has 0 atom stereocenters. The largest absolute Gasteiger partial charge is 0.491 e. The first-order chi connectivity index (χ1) is 12.7. The van der Waals surface area contributed by atoms with Crippen LogP contribution in [0.4, 0.5) is 0 Å². The van der Waals surface area contributed by atoms with Gasteiger partial charge in [0, 0.05) is 18.9 Å². The van der Waals surface area contributed by atoms with E-state index in [1.54, 1.807) is 0 Å². The molecule has 1 fully saturated rings. The lowest BCUT2D eigenvalue weighted by atomic mass is 9.73. The number of ether oxygens (including phenoxy) is 1. The van der Waals surface area contributed by atoms with Crippen LogP contribution in [0.1, 0.15) is 59.9 Å². The molecule has 1 aliphatic rings. The van der Waals surface area contributed by atoms with Crippen molar-refractivity contribution < 1.29 is 18.8 Å². The molecule has 5 heteroatoms. The van der Waals surface area contributed by atoms with Crippen LogP contribution in [-0.4, -0.2) is 30.9 Å². The van der Waals surface area contributed by atoms with Crippen molar-refractivity contribution in [2.24, 2.45) is 0 Å². The van der Waals surface area contributed by atoms with E-state index >= 15 is 0 Å². The second-order valence-electron chi connectivity index (χ2n) is 7.65. The van der Waals surface area contributed by atoms with Crippen LogP contribution in [-0.2, 0) is 18.8 Å². The molecule has 1 aromatic rings. The van der Waals surface area contributed by atoms with Gasteiger partial charge in [-0.2, -0.15) is 0 Å². The fourth-order valence-electron chi connectivity index (χ4n) is 2.77. The number of carbonyl (C=O) groups excluding carboxylic acids is 1. The fraction of sp³-hybridized carbons (Fsp3) is 0.500. The maximum atomic E-state index is 11.2. The molecule has 0 saturated carbocycles. The number of esters is 1. The van der Waals surface area contributed by atoms with E-state index in [-0.39, 0.29) is 12.6 Å². The van der Waals surface area contributed by atoms with Gasteiger partial charge in [-0.05, 0) is 57.3 Å². The molecule has 0 amide bonds. The van der Waals surface area contributed by atoms with E-state index in [0.717, 1.165) is 23.0 Å². The molecule has 1 aromatic carbocycles. The van der Waals surface area contributed by atoms with Gasteiger partial charge in [0.25, 0.3) is 0 Å². The molecular formula is C22H29BO4. The Labute approximate surface area is 163 Å². The third-order valence-electron chi connectivity index (χ3n) is 5.09. The average molecular weight is 368 g/mol. The summed E-state index contributed by atoms with van der Waals surface area (Å²) < 4.78 is 17.6. The Morgan fingerprint density at radius 3 is 2.22 bits per heavy atom. The van der Waals surface area contributed by atoms with Crippen molar-refractivity contribution in [3.8, 4) is 11.8 Å². The number of hydrogen-bond acceptors (Lipinski definition) is 4. The van der Waals surface area contributed by atoms with E-state index in [0.29, 0.717) is 6.42 Å². The monoisotopic (exact) mass is 368 g/mol. The van der Waals surface area contributed by atoms with E-state index < -0.39 is 18.3 Å². The molecule has 27 heavy (non-hydrogen) atoms. The van der Waals surface area contributed by atoms with Gasteiger partial charge in [0.05, 0.1) is 17.8 Å². The van der Waals surface area contributed by atoms with Gasteiger partial charge in [-0.25, -0.2) is 0 Å². The molecule has 0 N–H and O–H groups in total. The summed E-state index contributed by atoms with van der Waals surface area (Å²) in [6.45, 7) is 11.9. The number of carbonyl (C=O) groups is 1. The molecule has 1 aliphatic heterocycles. The van der Waals surface area contributed by atoms with Crippen molar-refractivity contribution in [3.05, 3.63) is 46.9 Å². The van der Waals surface area contributed by atoms with Gasteiger partial charge in [-0.1, -0.05) is 37.0 Å². The van der Waals surface area contributed by atoms with Crippen LogP contribution in [0.3, 0.4) is 0 Å². The lowest BCUT2D eigenvalue weighted by Gasteiger charge is -2.32. The van der Waals surface area contributed by atoms with Gasteiger partial charge in [-0.3, -0.25) is 4.79 Å². The van der Waals surface area contributed by atoms with Crippen LogP contribution in [0, 0.1) is 11.8 Å². The van der Waals surface area contributed by atoms with Crippen LogP contribution in [0.25, 0.3) is 0 Å². The smallest absolute Gasteiger partial charge is 0.466 e. The minimum absolute atomic E-state index is 0.283. The van der Waals surface area contributed by atoms with Gasteiger partial charge < -0.3 is 14.0 Å². The van der Waals surface area contributed by atoms with Gasteiger partial charge in [0.1, 0.15) is 0 Å². The third kappa shape index (κ3) is 5.48. The first-order valence-corrected chi connectivity index (χ1v) is 9.44. The molecule has 0 aliphatic carbocycles. The average Bonchev–Trinajstić information content (AvgIpc) is 2.81. The minimum Gasteiger partial charge on any atom is -0.466 e. The molecule has 0 unspecified atom stereocenters. The standard InChI is InChI=1S/C22H29BO4/c1-7-19(14-13-18-11-9-8-10-12-18)20(15-16-25-17(2)24)23-26-21(3,4)22(5,6)27-23/h8-12H,7,15-16H2,1-6H3/b20-19+. The first kappa shape index (κ1) is 21.3. The quantitative estimate of drug-likeness (QED) is 0.441. The number of allylic oxidation sites excluding steroid dienone is 1. The molecule has 0 spiro atoms. The summed E-state index contributed by atoms with van der Waals surface area (Å²) in [5.74, 6) is 6.20. The van der Waals surface area contributed by atoms with E-state index in [9.17, 15) is 4.79 Å².